The van der Waals surface area contributed by atoms with Gasteiger partial charge in [-0.05, 0) is 56.5 Å². The average molecular weight is 413 g/mol. The zero-order valence-electron chi connectivity index (χ0n) is 17.1. The minimum Gasteiger partial charge on any atom is -0.487 e. The van der Waals surface area contributed by atoms with Crippen LogP contribution in [0.1, 0.15) is 54.5 Å². The molecular formula is C21H27N5O4. The number of aromatic nitrogens is 2. The number of hydrazine groups is 1. The molecule has 1 atom stereocenters. The van der Waals surface area contributed by atoms with E-state index in [1.807, 2.05) is 12.1 Å². The molecule has 0 bridgehead atoms. The maximum Gasteiger partial charge on any atom is 0.309 e. The Morgan fingerprint density at radius 3 is 2.80 bits per heavy atom. The molecule has 0 spiro atoms. The number of rotatable bonds is 9. The van der Waals surface area contributed by atoms with E-state index in [1.54, 1.807) is 38.4 Å². The van der Waals surface area contributed by atoms with Crippen LogP contribution in [0.4, 0.5) is 0 Å². The Balaban J connectivity index is 1.51. The van der Waals surface area contributed by atoms with Gasteiger partial charge in [0.1, 0.15) is 18.1 Å². The monoisotopic (exact) mass is 413 g/mol. The average Bonchev–Trinajstić information content (AvgIpc) is 3.27. The number of hydrogen-bond acceptors (Lipinski definition) is 7. The fourth-order valence-electron chi connectivity index (χ4n) is 2.93. The van der Waals surface area contributed by atoms with Gasteiger partial charge in [0.25, 0.3) is 5.91 Å². The van der Waals surface area contributed by atoms with Gasteiger partial charge in [0.05, 0.1) is 23.3 Å². The molecule has 9 nitrogen and oxygen atoms in total. The Kier molecular flexibility index (Phi) is 6.96. The lowest BCUT2D eigenvalue weighted by Crippen LogP contribution is -2.32. The molecule has 2 aromatic heterocycles. The molecule has 1 amide bonds. The van der Waals surface area contributed by atoms with E-state index < -0.39 is 11.4 Å². The van der Waals surface area contributed by atoms with Crippen LogP contribution in [-0.4, -0.2) is 40.0 Å². The number of aliphatic carboxylic acids is 1. The first-order chi connectivity index (χ1) is 14.3. The van der Waals surface area contributed by atoms with Crippen molar-refractivity contribution < 1.29 is 19.4 Å². The smallest absolute Gasteiger partial charge is 0.309 e. The molecule has 1 unspecified atom stereocenters. The zero-order valence-corrected chi connectivity index (χ0v) is 17.1. The Morgan fingerprint density at radius 1 is 1.30 bits per heavy atom. The molecule has 2 aromatic rings. The highest BCUT2D eigenvalue weighted by Gasteiger charge is 2.26. The maximum absolute atomic E-state index is 12.3. The molecule has 0 radical (unpaired) electrons. The Morgan fingerprint density at radius 2 is 2.13 bits per heavy atom. The Bertz CT molecular complexity index is 879. The van der Waals surface area contributed by atoms with Crippen LogP contribution in [0.2, 0.25) is 0 Å². The molecule has 0 aliphatic carbocycles. The molecule has 1 aliphatic heterocycles. The summed E-state index contributed by atoms with van der Waals surface area (Å²) in [7, 11) is 0. The number of pyridine rings is 2. The summed E-state index contributed by atoms with van der Waals surface area (Å²) in [5.41, 5.74) is 7.37. The molecule has 160 valence electrons. The van der Waals surface area contributed by atoms with Crippen molar-refractivity contribution in [3.63, 3.8) is 0 Å². The first-order valence-electron chi connectivity index (χ1n) is 9.89. The second-order valence-electron chi connectivity index (χ2n) is 7.86. The van der Waals surface area contributed by atoms with Gasteiger partial charge in [-0.25, -0.2) is 5.43 Å². The SMILES string of the molecule is CC(C)(CCNC(=O)c1cc(COc2ccc(C3CCNN3)nc2)ccn1)C(=O)O. The summed E-state index contributed by atoms with van der Waals surface area (Å²) in [4.78, 5) is 32.0. The van der Waals surface area contributed by atoms with Crippen LogP contribution in [0.15, 0.2) is 36.7 Å². The van der Waals surface area contributed by atoms with Crippen molar-refractivity contribution in [1.82, 2.24) is 26.1 Å². The highest BCUT2D eigenvalue weighted by atomic mass is 16.5. The standard InChI is InChI=1S/C21H27N5O4/c1-21(2,20(28)29)7-10-23-19(27)18-11-14(5-8-22-18)13-30-15-3-4-16(24-12-15)17-6-9-25-26-17/h3-5,8,11-12,17,25-26H,6-7,9-10,13H2,1-2H3,(H,23,27)(H,28,29). The number of carboxylic acids is 1. The summed E-state index contributed by atoms with van der Waals surface area (Å²) < 4.78 is 5.77. The lowest BCUT2D eigenvalue weighted by atomic mass is 9.90. The third kappa shape index (κ3) is 5.74. The molecule has 9 heteroatoms. The van der Waals surface area contributed by atoms with Crippen molar-refractivity contribution in [2.45, 2.75) is 39.3 Å². The van der Waals surface area contributed by atoms with Crippen molar-refractivity contribution in [3.05, 3.63) is 53.6 Å². The van der Waals surface area contributed by atoms with E-state index in [4.69, 9.17) is 9.84 Å². The molecule has 1 aliphatic rings. The molecule has 3 rings (SSSR count). The zero-order chi connectivity index (χ0) is 21.6. The topological polar surface area (TPSA) is 125 Å². The number of carboxylic acid groups (broad SMARTS) is 1. The molecule has 0 saturated carbocycles. The molecule has 3 heterocycles. The van der Waals surface area contributed by atoms with Crippen LogP contribution in [0, 0.1) is 5.41 Å². The third-order valence-electron chi connectivity index (χ3n) is 5.03. The lowest BCUT2D eigenvalue weighted by Gasteiger charge is -2.18. The third-order valence-corrected chi connectivity index (χ3v) is 5.03. The van der Waals surface area contributed by atoms with Gasteiger partial charge in [0.2, 0.25) is 0 Å². The Labute approximate surface area is 175 Å². The summed E-state index contributed by atoms with van der Waals surface area (Å²) in [6, 6.07) is 7.46. The quantitative estimate of drug-likeness (QED) is 0.491. The van der Waals surface area contributed by atoms with Gasteiger partial charge < -0.3 is 15.2 Å². The molecule has 30 heavy (non-hydrogen) atoms. The van der Waals surface area contributed by atoms with Crippen LogP contribution in [-0.2, 0) is 11.4 Å². The molecule has 4 N–H and O–H groups in total. The van der Waals surface area contributed by atoms with E-state index in [9.17, 15) is 9.59 Å². The van der Waals surface area contributed by atoms with Crippen molar-refractivity contribution in [1.29, 1.82) is 0 Å². The van der Waals surface area contributed by atoms with Gasteiger partial charge in [0, 0.05) is 19.3 Å². The fourth-order valence-corrected chi connectivity index (χ4v) is 2.93. The lowest BCUT2D eigenvalue weighted by molar-refractivity contribution is -0.147. The molecule has 0 aromatic carbocycles. The van der Waals surface area contributed by atoms with Gasteiger partial charge in [-0.15, -0.1) is 0 Å². The number of nitrogens with zero attached hydrogens (tertiary/aromatic N) is 2. The summed E-state index contributed by atoms with van der Waals surface area (Å²) in [5.74, 6) is -0.599. The van der Waals surface area contributed by atoms with E-state index in [-0.39, 0.29) is 30.8 Å². The van der Waals surface area contributed by atoms with Crippen LogP contribution >= 0.6 is 0 Å². The molecule has 1 fully saturated rings. The number of ether oxygens (including phenoxy) is 1. The first kappa shape index (κ1) is 21.7. The van der Waals surface area contributed by atoms with Crippen molar-refractivity contribution in [3.8, 4) is 5.75 Å². The number of amides is 1. The highest BCUT2D eigenvalue weighted by Crippen LogP contribution is 2.20. The maximum atomic E-state index is 12.3. The normalized spacial score (nSPS) is 16.3. The van der Waals surface area contributed by atoms with E-state index in [1.165, 1.54) is 0 Å². The van der Waals surface area contributed by atoms with Crippen LogP contribution in [0.5, 0.6) is 5.75 Å². The number of carbonyl (C=O) groups is 2. The van der Waals surface area contributed by atoms with Gasteiger partial charge in [-0.2, -0.15) is 0 Å². The molecular weight excluding hydrogens is 386 g/mol. The number of nitrogens with one attached hydrogen (secondary N) is 3. The summed E-state index contributed by atoms with van der Waals surface area (Å²) in [6.07, 6.45) is 4.55. The van der Waals surface area contributed by atoms with E-state index in [0.29, 0.717) is 12.2 Å². The fraction of sp³-hybridized carbons (Fsp3) is 0.429. The van der Waals surface area contributed by atoms with Gasteiger partial charge in [-0.3, -0.25) is 25.0 Å². The predicted octanol–water partition coefficient (Wildman–Crippen LogP) is 1.83. The summed E-state index contributed by atoms with van der Waals surface area (Å²) in [5, 5.41) is 11.9. The predicted molar refractivity (Wildman–Crippen MR) is 110 cm³/mol. The number of carbonyl (C=O) groups excluding carboxylic acids is 1. The largest absolute Gasteiger partial charge is 0.487 e. The minimum atomic E-state index is -0.898. The van der Waals surface area contributed by atoms with Crippen molar-refractivity contribution in [2.75, 3.05) is 13.1 Å². The van der Waals surface area contributed by atoms with Crippen molar-refractivity contribution >= 4 is 11.9 Å². The van der Waals surface area contributed by atoms with Crippen LogP contribution in [0.3, 0.4) is 0 Å². The van der Waals surface area contributed by atoms with E-state index in [0.717, 1.165) is 24.2 Å². The summed E-state index contributed by atoms with van der Waals surface area (Å²) >= 11 is 0. The van der Waals surface area contributed by atoms with Crippen LogP contribution < -0.4 is 20.9 Å². The van der Waals surface area contributed by atoms with Gasteiger partial charge >= 0.3 is 5.97 Å². The van der Waals surface area contributed by atoms with E-state index in [2.05, 4.69) is 26.1 Å². The highest BCUT2D eigenvalue weighted by molar-refractivity contribution is 5.92. The minimum absolute atomic E-state index is 0.210. The summed E-state index contributed by atoms with van der Waals surface area (Å²) in [6.45, 7) is 4.70. The molecule has 1 saturated heterocycles. The number of hydrogen-bond donors (Lipinski definition) is 4. The van der Waals surface area contributed by atoms with Crippen LogP contribution in [0.25, 0.3) is 0 Å². The van der Waals surface area contributed by atoms with Crippen molar-refractivity contribution in [2.24, 2.45) is 5.41 Å². The van der Waals surface area contributed by atoms with Gasteiger partial charge in [-0.1, -0.05) is 0 Å². The Hall–Kier alpha value is -3.04. The second-order valence-corrected chi connectivity index (χ2v) is 7.86. The van der Waals surface area contributed by atoms with Gasteiger partial charge in [0.15, 0.2) is 0 Å². The first-order valence-corrected chi connectivity index (χ1v) is 9.89. The van der Waals surface area contributed by atoms with E-state index >= 15 is 0 Å². The second kappa shape index (κ2) is 9.64.